The molecule has 0 aliphatic carbocycles. The van der Waals surface area contributed by atoms with Crippen molar-refractivity contribution in [3.8, 4) is 0 Å². The van der Waals surface area contributed by atoms with Crippen LogP contribution in [0.3, 0.4) is 0 Å². The zero-order valence-electron chi connectivity index (χ0n) is 10.3. The summed E-state index contributed by atoms with van der Waals surface area (Å²) in [7, 11) is -3.56. The highest BCUT2D eigenvalue weighted by molar-refractivity contribution is 7.89. The van der Waals surface area contributed by atoms with Gasteiger partial charge in [-0.25, -0.2) is 18.1 Å². The van der Waals surface area contributed by atoms with Gasteiger partial charge in [-0.1, -0.05) is 20.3 Å². The molecule has 0 spiro atoms. The summed E-state index contributed by atoms with van der Waals surface area (Å²) in [4.78, 5) is 3.99. The van der Waals surface area contributed by atoms with Crippen molar-refractivity contribution in [2.45, 2.75) is 25.3 Å². The molecule has 0 bridgehead atoms. The van der Waals surface area contributed by atoms with Crippen LogP contribution in [0.15, 0.2) is 23.4 Å². The minimum absolute atomic E-state index is 0.0777. The fourth-order valence-electron chi connectivity index (χ4n) is 1.50. The fraction of sp³-hybridized carbons (Fsp3) is 0.455. The number of rotatable bonds is 5. The smallest absolute Gasteiger partial charge is 0.258 e. The summed E-state index contributed by atoms with van der Waals surface area (Å²) < 4.78 is 26.8. The van der Waals surface area contributed by atoms with Crippen LogP contribution in [0, 0.1) is 5.92 Å². The number of hydrogen-bond acceptors (Lipinski definition) is 4. The van der Waals surface area contributed by atoms with Gasteiger partial charge < -0.3 is 0 Å². The second kappa shape index (κ2) is 5.03. The highest BCUT2D eigenvalue weighted by atomic mass is 32.2. The van der Waals surface area contributed by atoms with Gasteiger partial charge in [0.25, 0.3) is 10.0 Å². The van der Waals surface area contributed by atoms with Crippen LogP contribution in [0.2, 0.25) is 0 Å². The number of aromatic amines is 1. The summed E-state index contributed by atoms with van der Waals surface area (Å²) in [5, 5.41) is 7.00. The predicted octanol–water partition coefficient (Wildman–Crippen LogP) is 1.28. The maximum atomic E-state index is 12.1. The monoisotopic (exact) mass is 268 g/mol. The van der Waals surface area contributed by atoms with Crippen LogP contribution >= 0.6 is 0 Å². The second-order valence-electron chi connectivity index (χ2n) is 4.29. The number of fused-ring (bicyclic) bond motifs is 1. The minimum Gasteiger partial charge on any atom is -0.263 e. The van der Waals surface area contributed by atoms with Crippen LogP contribution in [-0.2, 0) is 10.0 Å². The number of nitrogens with zero attached hydrogens (tertiary/aromatic N) is 2. The molecule has 18 heavy (non-hydrogen) atoms. The van der Waals surface area contributed by atoms with Crippen molar-refractivity contribution < 1.29 is 8.42 Å². The van der Waals surface area contributed by atoms with Crippen molar-refractivity contribution in [3.63, 3.8) is 0 Å². The Bertz CT molecular complexity index is 635. The van der Waals surface area contributed by atoms with E-state index in [2.05, 4.69) is 19.9 Å². The second-order valence-corrected chi connectivity index (χ2v) is 6.00. The van der Waals surface area contributed by atoms with Gasteiger partial charge in [0.15, 0.2) is 10.7 Å². The quantitative estimate of drug-likeness (QED) is 0.855. The molecular weight excluding hydrogens is 252 g/mol. The lowest BCUT2D eigenvalue weighted by Gasteiger charge is -2.09. The number of nitrogens with one attached hydrogen (secondary N) is 2. The third kappa shape index (κ3) is 2.51. The number of pyridine rings is 1. The molecular formula is C11H16N4O2S. The van der Waals surface area contributed by atoms with E-state index in [1.165, 1.54) is 0 Å². The molecule has 98 valence electrons. The van der Waals surface area contributed by atoms with E-state index in [0.717, 1.165) is 6.42 Å². The Morgan fingerprint density at radius 3 is 3.00 bits per heavy atom. The zero-order chi connectivity index (χ0) is 13.2. The molecule has 2 aromatic heterocycles. The molecule has 1 atom stereocenters. The topological polar surface area (TPSA) is 87.7 Å². The third-order valence-corrected chi connectivity index (χ3v) is 4.28. The number of sulfonamides is 1. The molecule has 0 saturated heterocycles. The van der Waals surface area contributed by atoms with Gasteiger partial charge in [-0.15, -0.1) is 0 Å². The van der Waals surface area contributed by atoms with Crippen molar-refractivity contribution in [2.75, 3.05) is 6.54 Å². The molecule has 0 aliphatic heterocycles. The van der Waals surface area contributed by atoms with Crippen LogP contribution in [0.1, 0.15) is 20.3 Å². The first-order chi connectivity index (χ1) is 8.54. The maximum absolute atomic E-state index is 12.1. The van der Waals surface area contributed by atoms with E-state index in [1.807, 2.05) is 13.8 Å². The predicted molar refractivity (Wildman–Crippen MR) is 68.5 cm³/mol. The summed E-state index contributed by atoms with van der Waals surface area (Å²) in [5.74, 6) is 0.298. The Labute approximate surface area is 106 Å². The van der Waals surface area contributed by atoms with Crippen molar-refractivity contribution >= 4 is 21.1 Å². The van der Waals surface area contributed by atoms with Crippen molar-refractivity contribution in [1.82, 2.24) is 19.9 Å². The van der Waals surface area contributed by atoms with Crippen molar-refractivity contribution in [2.24, 2.45) is 5.92 Å². The molecule has 7 heteroatoms. The van der Waals surface area contributed by atoms with Crippen LogP contribution < -0.4 is 4.72 Å². The average Bonchev–Trinajstić information content (AvgIpc) is 2.80. The Balaban J connectivity index is 2.30. The lowest BCUT2D eigenvalue weighted by Crippen LogP contribution is -2.28. The summed E-state index contributed by atoms with van der Waals surface area (Å²) in [6.45, 7) is 4.43. The first-order valence-electron chi connectivity index (χ1n) is 5.83. The molecule has 2 rings (SSSR count). The van der Waals surface area contributed by atoms with E-state index in [-0.39, 0.29) is 5.03 Å². The van der Waals surface area contributed by atoms with E-state index < -0.39 is 10.0 Å². The van der Waals surface area contributed by atoms with Crippen LogP contribution in [0.5, 0.6) is 0 Å². The van der Waals surface area contributed by atoms with E-state index in [4.69, 9.17) is 0 Å². The van der Waals surface area contributed by atoms with E-state index in [0.29, 0.717) is 23.5 Å². The van der Waals surface area contributed by atoms with Crippen molar-refractivity contribution in [1.29, 1.82) is 0 Å². The largest absolute Gasteiger partial charge is 0.263 e. The maximum Gasteiger partial charge on any atom is 0.258 e. The minimum atomic E-state index is -3.56. The lowest BCUT2D eigenvalue weighted by atomic mass is 10.1. The van der Waals surface area contributed by atoms with Gasteiger partial charge in [0.1, 0.15) is 0 Å². The SMILES string of the molecule is CC[C@H](C)CNS(=O)(=O)c1[nH]nc2ncccc12. The van der Waals surface area contributed by atoms with Crippen LogP contribution in [0.4, 0.5) is 0 Å². The summed E-state index contributed by atoms with van der Waals surface area (Å²) in [6.07, 6.45) is 2.50. The van der Waals surface area contributed by atoms with Gasteiger partial charge in [0, 0.05) is 12.7 Å². The molecule has 0 fully saturated rings. The van der Waals surface area contributed by atoms with Gasteiger partial charge in [-0.2, -0.15) is 5.10 Å². The van der Waals surface area contributed by atoms with Gasteiger partial charge in [-0.3, -0.25) is 5.10 Å². The van der Waals surface area contributed by atoms with E-state index in [9.17, 15) is 8.42 Å². The van der Waals surface area contributed by atoms with Gasteiger partial charge >= 0.3 is 0 Å². The Morgan fingerprint density at radius 2 is 2.28 bits per heavy atom. The van der Waals surface area contributed by atoms with E-state index >= 15 is 0 Å². The van der Waals surface area contributed by atoms with Gasteiger partial charge in [-0.05, 0) is 18.1 Å². The van der Waals surface area contributed by atoms with Gasteiger partial charge in [0.05, 0.1) is 5.39 Å². The Kier molecular flexibility index (Phi) is 3.63. The zero-order valence-corrected chi connectivity index (χ0v) is 11.2. The lowest BCUT2D eigenvalue weighted by molar-refractivity contribution is 0.527. The highest BCUT2D eigenvalue weighted by Gasteiger charge is 2.20. The highest BCUT2D eigenvalue weighted by Crippen LogP contribution is 2.17. The molecule has 0 amide bonds. The normalized spacial score (nSPS) is 13.9. The third-order valence-electron chi connectivity index (χ3n) is 2.88. The first-order valence-corrected chi connectivity index (χ1v) is 7.31. The summed E-state index contributed by atoms with van der Waals surface area (Å²) in [5.41, 5.74) is 0.404. The summed E-state index contributed by atoms with van der Waals surface area (Å²) >= 11 is 0. The molecule has 6 nitrogen and oxygen atoms in total. The first kappa shape index (κ1) is 13.0. The molecule has 2 heterocycles. The standard InChI is InChI=1S/C11H16N4O2S/c1-3-8(2)7-13-18(16,17)11-9-5-4-6-12-10(9)14-15-11/h4-6,8,13H,3,7H2,1-2H3,(H,12,14,15)/t8-/m0/s1. The van der Waals surface area contributed by atoms with Crippen LogP contribution in [0.25, 0.3) is 11.0 Å². The molecule has 2 aromatic rings. The number of H-pyrrole nitrogens is 1. The molecule has 0 radical (unpaired) electrons. The Morgan fingerprint density at radius 1 is 1.50 bits per heavy atom. The molecule has 0 saturated carbocycles. The Hall–Kier alpha value is -1.47. The fourth-order valence-corrected chi connectivity index (χ4v) is 2.76. The molecule has 0 aliphatic rings. The van der Waals surface area contributed by atoms with Gasteiger partial charge in [0.2, 0.25) is 0 Å². The summed E-state index contributed by atoms with van der Waals surface area (Å²) in [6, 6.07) is 3.37. The molecule has 2 N–H and O–H groups in total. The molecule has 0 unspecified atom stereocenters. The van der Waals surface area contributed by atoms with Crippen molar-refractivity contribution in [3.05, 3.63) is 18.3 Å². The van der Waals surface area contributed by atoms with E-state index in [1.54, 1.807) is 18.3 Å². The average molecular weight is 268 g/mol. The van der Waals surface area contributed by atoms with Crippen LogP contribution in [-0.4, -0.2) is 30.1 Å². The number of aromatic nitrogens is 3. The number of hydrogen-bond donors (Lipinski definition) is 2. The molecule has 0 aromatic carbocycles.